The van der Waals surface area contributed by atoms with Crippen molar-refractivity contribution in [1.82, 2.24) is 4.98 Å². The molecule has 0 bridgehead atoms. The number of hydrogen-bond acceptors (Lipinski definition) is 6. The van der Waals surface area contributed by atoms with Crippen molar-refractivity contribution in [1.29, 1.82) is 0 Å². The summed E-state index contributed by atoms with van der Waals surface area (Å²) in [6.45, 7) is 5.82. The Balaban J connectivity index is 1.56. The molecule has 0 spiro atoms. The summed E-state index contributed by atoms with van der Waals surface area (Å²) in [7, 11) is 1.50. The Hall–Kier alpha value is -4.40. The number of para-hydroxylation sites is 1. The highest BCUT2D eigenvalue weighted by molar-refractivity contribution is 6.01. The zero-order valence-electron chi connectivity index (χ0n) is 21.5. The number of amides is 3. The second-order valence-corrected chi connectivity index (χ2v) is 8.55. The van der Waals surface area contributed by atoms with E-state index >= 15 is 0 Å². The Morgan fingerprint density at radius 1 is 0.973 bits per heavy atom. The monoisotopic (exact) mass is 504 g/mol. The molecule has 9 heteroatoms. The van der Waals surface area contributed by atoms with Gasteiger partial charge in [0.15, 0.2) is 0 Å². The molecule has 0 aliphatic heterocycles. The van der Waals surface area contributed by atoms with E-state index in [-0.39, 0.29) is 24.2 Å². The molecule has 0 fully saturated rings. The highest BCUT2D eigenvalue weighted by atomic mass is 16.5. The lowest BCUT2D eigenvalue weighted by Crippen LogP contribution is -2.20. The molecule has 37 heavy (non-hydrogen) atoms. The number of ether oxygens (including phenoxy) is 2. The largest absolute Gasteiger partial charge is 0.495 e. The van der Waals surface area contributed by atoms with Gasteiger partial charge in [-0.2, -0.15) is 0 Å². The number of benzene rings is 2. The average molecular weight is 505 g/mol. The topological polar surface area (TPSA) is 119 Å². The first-order valence-electron chi connectivity index (χ1n) is 12.0. The molecular formula is C28H32N4O5. The van der Waals surface area contributed by atoms with E-state index in [0.29, 0.717) is 41.4 Å². The minimum atomic E-state index is -0.398. The van der Waals surface area contributed by atoms with Crippen LogP contribution in [0.25, 0.3) is 0 Å². The van der Waals surface area contributed by atoms with Crippen LogP contribution in [0, 0.1) is 12.8 Å². The summed E-state index contributed by atoms with van der Waals surface area (Å²) in [5, 5.41) is 8.41. The lowest BCUT2D eigenvalue weighted by Gasteiger charge is -2.14. The third-order valence-electron chi connectivity index (χ3n) is 5.58. The number of esters is 1. The van der Waals surface area contributed by atoms with Gasteiger partial charge in [0, 0.05) is 17.8 Å². The maximum atomic E-state index is 12.6. The van der Waals surface area contributed by atoms with Crippen molar-refractivity contribution in [3.8, 4) is 5.75 Å². The van der Waals surface area contributed by atoms with Crippen molar-refractivity contribution in [2.75, 3.05) is 29.7 Å². The van der Waals surface area contributed by atoms with Crippen LogP contribution in [0.5, 0.6) is 5.75 Å². The number of urea groups is 1. The van der Waals surface area contributed by atoms with Gasteiger partial charge in [0.2, 0.25) is 5.91 Å². The van der Waals surface area contributed by atoms with E-state index in [1.165, 1.54) is 7.11 Å². The maximum Gasteiger partial charge on any atom is 0.323 e. The van der Waals surface area contributed by atoms with Crippen molar-refractivity contribution < 1.29 is 23.9 Å². The van der Waals surface area contributed by atoms with Crippen molar-refractivity contribution >= 4 is 35.0 Å². The van der Waals surface area contributed by atoms with Gasteiger partial charge in [-0.3, -0.25) is 14.6 Å². The Labute approximate surface area is 216 Å². The summed E-state index contributed by atoms with van der Waals surface area (Å²) in [6.07, 6.45) is 2.12. The molecule has 1 aromatic heterocycles. The van der Waals surface area contributed by atoms with Crippen molar-refractivity contribution in [3.63, 3.8) is 0 Å². The molecule has 194 valence electrons. The highest BCUT2D eigenvalue weighted by Gasteiger charge is 2.16. The minimum Gasteiger partial charge on any atom is -0.495 e. The lowest BCUT2D eigenvalue weighted by atomic mass is 10.1. The van der Waals surface area contributed by atoms with E-state index in [1.807, 2.05) is 31.2 Å². The molecule has 0 radical (unpaired) electrons. The normalized spacial score (nSPS) is 11.2. The predicted molar refractivity (Wildman–Crippen MR) is 143 cm³/mol. The van der Waals surface area contributed by atoms with Crippen LogP contribution in [0.2, 0.25) is 0 Å². The fourth-order valence-corrected chi connectivity index (χ4v) is 3.63. The number of carbonyl (C=O) groups excluding carboxylic acids is 3. The second kappa shape index (κ2) is 13.1. The molecule has 0 saturated heterocycles. The number of nitrogens with zero attached hydrogens (tertiary/aromatic N) is 1. The molecular weight excluding hydrogens is 472 g/mol. The van der Waals surface area contributed by atoms with Crippen LogP contribution >= 0.6 is 0 Å². The summed E-state index contributed by atoms with van der Waals surface area (Å²) in [4.78, 5) is 41.2. The van der Waals surface area contributed by atoms with Gasteiger partial charge in [-0.1, -0.05) is 31.2 Å². The zero-order chi connectivity index (χ0) is 26.8. The van der Waals surface area contributed by atoms with E-state index in [0.717, 1.165) is 11.3 Å². The van der Waals surface area contributed by atoms with Crippen molar-refractivity contribution in [3.05, 3.63) is 77.6 Å². The Kier molecular flexibility index (Phi) is 9.60. The molecule has 3 rings (SSSR count). The maximum absolute atomic E-state index is 12.6. The number of nitrogens with one attached hydrogen (secondary N) is 3. The van der Waals surface area contributed by atoms with Gasteiger partial charge in [-0.25, -0.2) is 4.79 Å². The molecule has 3 N–H and O–H groups in total. The van der Waals surface area contributed by atoms with E-state index in [1.54, 1.807) is 50.4 Å². The van der Waals surface area contributed by atoms with E-state index in [2.05, 4.69) is 20.9 Å². The number of carbonyl (C=O) groups is 3. The quantitative estimate of drug-likeness (QED) is 0.336. The average Bonchev–Trinajstić information content (AvgIpc) is 2.87. The van der Waals surface area contributed by atoms with E-state index < -0.39 is 6.03 Å². The van der Waals surface area contributed by atoms with Gasteiger partial charge in [0.05, 0.1) is 43.6 Å². The molecule has 1 atom stereocenters. The van der Waals surface area contributed by atoms with Crippen molar-refractivity contribution in [2.45, 2.75) is 33.6 Å². The van der Waals surface area contributed by atoms with Crippen LogP contribution in [0.3, 0.4) is 0 Å². The Morgan fingerprint density at radius 3 is 2.41 bits per heavy atom. The first-order chi connectivity index (χ1) is 17.8. The molecule has 0 saturated carbocycles. The third kappa shape index (κ3) is 8.06. The van der Waals surface area contributed by atoms with Crippen LogP contribution in [0.4, 0.5) is 21.9 Å². The number of methoxy groups -OCH3 is 1. The first-order valence-corrected chi connectivity index (χ1v) is 12.0. The van der Waals surface area contributed by atoms with Gasteiger partial charge < -0.3 is 25.4 Å². The third-order valence-corrected chi connectivity index (χ3v) is 5.58. The van der Waals surface area contributed by atoms with Gasteiger partial charge in [-0.15, -0.1) is 0 Å². The number of aryl methyl sites for hydroxylation is 1. The fraction of sp³-hybridized carbons (Fsp3) is 0.286. The summed E-state index contributed by atoms with van der Waals surface area (Å²) in [5.74, 6) is -0.347. The van der Waals surface area contributed by atoms with Gasteiger partial charge in [0.25, 0.3) is 0 Å². The molecule has 3 aromatic rings. The Morgan fingerprint density at radius 2 is 1.73 bits per heavy atom. The van der Waals surface area contributed by atoms with Crippen LogP contribution in [-0.2, 0) is 27.2 Å². The summed E-state index contributed by atoms with van der Waals surface area (Å²) in [6, 6.07) is 15.8. The van der Waals surface area contributed by atoms with Crippen LogP contribution in [-0.4, -0.2) is 36.6 Å². The Bertz CT molecular complexity index is 1240. The smallest absolute Gasteiger partial charge is 0.323 e. The summed E-state index contributed by atoms with van der Waals surface area (Å²) in [5.41, 5.74) is 4.14. The molecule has 1 unspecified atom stereocenters. The number of pyridine rings is 1. The molecule has 0 aliphatic rings. The molecule has 9 nitrogen and oxygen atoms in total. The van der Waals surface area contributed by atoms with E-state index in [4.69, 9.17) is 9.47 Å². The predicted octanol–water partition coefficient (Wildman–Crippen LogP) is 4.97. The summed E-state index contributed by atoms with van der Waals surface area (Å²) >= 11 is 0. The number of hydrogen-bond donors (Lipinski definition) is 3. The molecule has 2 aromatic carbocycles. The summed E-state index contributed by atoms with van der Waals surface area (Å²) < 4.78 is 10.4. The standard InChI is InChI=1S/C28H32N4O5/c1-5-37-27(34)19(3)14-21-11-12-22(17-29-21)30-26(33)16-20-10-13-24(25(15-20)36-4)32-28(35)31-23-9-7-6-8-18(23)2/h6-13,15,17,19H,5,14,16H2,1-4H3,(H,30,33)(H2,31,32,35). The fourth-order valence-electron chi connectivity index (χ4n) is 3.63. The number of anilines is 3. The van der Waals surface area contributed by atoms with Crippen LogP contribution in [0.15, 0.2) is 60.8 Å². The number of aromatic nitrogens is 1. The van der Waals surface area contributed by atoms with Gasteiger partial charge >= 0.3 is 12.0 Å². The van der Waals surface area contributed by atoms with Crippen molar-refractivity contribution in [2.24, 2.45) is 5.92 Å². The molecule has 0 aliphatic carbocycles. The second-order valence-electron chi connectivity index (χ2n) is 8.55. The number of rotatable bonds is 10. The first kappa shape index (κ1) is 27.2. The van der Waals surface area contributed by atoms with E-state index in [9.17, 15) is 14.4 Å². The SMILES string of the molecule is CCOC(=O)C(C)Cc1ccc(NC(=O)Cc2ccc(NC(=O)Nc3ccccc3C)c(OC)c2)cn1. The minimum absolute atomic E-state index is 0.105. The highest BCUT2D eigenvalue weighted by Crippen LogP contribution is 2.26. The van der Waals surface area contributed by atoms with Gasteiger partial charge in [0.1, 0.15) is 5.75 Å². The molecule has 1 heterocycles. The molecule has 3 amide bonds. The lowest BCUT2D eigenvalue weighted by molar-refractivity contribution is -0.147. The van der Waals surface area contributed by atoms with Gasteiger partial charge in [-0.05, 0) is 55.3 Å². The van der Waals surface area contributed by atoms with Crippen LogP contribution in [0.1, 0.15) is 30.7 Å². The van der Waals surface area contributed by atoms with Crippen LogP contribution < -0.4 is 20.7 Å². The zero-order valence-corrected chi connectivity index (χ0v) is 21.5.